The second kappa shape index (κ2) is 7.28. The normalized spacial score (nSPS) is 14.4. The average molecular weight is 239 g/mol. The van der Waals surface area contributed by atoms with Gasteiger partial charge in [0.2, 0.25) is 0 Å². The third-order valence-electron chi connectivity index (χ3n) is 3.05. The minimum Gasteiger partial charge on any atom is -0.489 e. The van der Waals surface area contributed by atoms with Crippen LogP contribution in [-0.2, 0) is 0 Å². The van der Waals surface area contributed by atoms with Crippen LogP contribution >= 0.6 is 0 Å². The fourth-order valence-electron chi connectivity index (χ4n) is 1.71. The first kappa shape index (κ1) is 14.0. The quantitative estimate of drug-likeness (QED) is 0.788. The summed E-state index contributed by atoms with van der Waals surface area (Å²) in [6.45, 7) is 7.80. The maximum Gasteiger partial charge on any atom is 0.165 e. The van der Waals surface area contributed by atoms with Gasteiger partial charge in [-0.25, -0.2) is 4.39 Å². The zero-order valence-electron chi connectivity index (χ0n) is 10.9. The Morgan fingerprint density at radius 3 is 2.59 bits per heavy atom. The number of hydrogen-bond acceptors (Lipinski definition) is 2. The van der Waals surface area contributed by atoms with Gasteiger partial charge in [0.05, 0.1) is 0 Å². The lowest BCUT2D eigenvalue weighted by molar-refractivity contribution is 0.215. The number of para-hydroxylation sites is 1. The van der Waals surface area contributed by atoms with Gasteiger partial charge in [0.1, 0.15) is 6.61 Å². The van der Waals surface area contributed by atoms with E-state index in [0.717, 1.165) is 13.0 Å². The van der Waals surface area contributed by atoms with Crippen LogP contribution in [0.1, 0.15) is 27.2 Å². The highest BCUT2D eigenvalue weighted by Gasteiger charge is 2.15. The van der Waals surface area contributed by atoms with E-state index in [2.05, 4.69) is 26.1 Å². The molecule has 0 bridgehead atoms. The Morgan fingerprint density at radius 2 is 2.00 bits per heavy atom. The number of ether oxygens (including phenoxy) is 1. The Hall–Kier alpha value is -1.09. The number of likely N-dealkylation sites (N-methyl/N-ethyl adjacent to an activating group) is 1. The summed E-state index contributed by atoms with van der Waals surface area (Å²) in [6.07, 6.45) is 1.08. The summed E-state index contributed by atoms with van der Waals surface area (Å²) in [5.74, 6) is 0.548. The molecular weight excluding hydrogens is 217 g/mol. The SMILES string of the molecule is CCNC(COc1ccccc1F)C(C)CC. The predicted octanol–water partition coefficient (Wildman–Crippen LogP) is 3.23. The molecule has 2 atom stereocenters. The molecule has 3 heteroatoms. The highest BCUT2D eigenvalue weighted by Crippen LogP contribution is 2.17. The van der Waals surface area contributed by atoms with Crippen molar-refractivity contribution >= 4 is 0 Å². The molecule has 2 unspecified atom stereocenters. The maximum atomic E-state index is 13.4. The highest BCUT2D eigenvalue weighted by atomic mass is 19.1. The molecule has 96 valence electrons. The second-order valence-corrected chi connectivity index (χ2v) is 4.29. The standard InChI is InChI=1S/C14H22FNO/c1-4-11(3)13(16-5-2)10-17-14-9-7-6-8-12(14)15/h6-9,11,13,16H,4-5,10H2,1-3H3. The number of rotatable bonds is 7. The molecule has 0 aromatic heterocycles. The minimum atomic E-state index is -0.299. The number of nitrogens with one attached hydrogen (secondary N) is 1. The fraction of sp³-hybridized carbons (Fsp3) is 0.571. The Kier molecular flexibility index (Phi) is 5.98. The molecule has 0 radical (unpaired) electrons. The maximum absolute atomic E-state index is 13.4. The van der Waals surface area contributed by atoms with Gasteiger partial charge in [0, 0.05) is 6.04 Å². The molecule has 2 nitrogen and oxygen atoms in total. The molecule has 1 rings (SSSR count). The van der Waals surface area contributed by atoms with Crippen LogP contribution in [0.2, 0.25) is 0 Å². The van der Waals surface area contributed by atoms with Crippen molar-refractivity contribution in [2.75, 3.05) is 13.2 Å². The lowest BCUT2D eigenvalue weighted by Crippen LogP contribution is -2.39. The van der Waals surface area contributed by atoms with Gasteiger partial charge in [-0.3, -0.25) is 0 Å². The molecule has 0 fully saturated rings. The van der Waals surface area contributed by atoms with Crippen molar-refractivity contribution in [1.29, 1.82) is 0 Å². The molecule has 0 aliphatic rings. The van der Waals surface area contributed by atoms with Gasteiger partial charge in [-0.2, -0.15) is 0 Å². The van der Waals surface area contributed by atoms with Crippen molar-refractivity contribution in [2.45, 2.75) is 33.2 Å². The van der Waals surface area contributed by atoms with Crippen LogP contribution in [0.3, 0.4) is 0 Å². The summed E-state index contributed by atoms with van der Waals surface area (Å²) in [4.78, 5) is 0. The van der Waals surface area contributed by atoms with Crippen LogP contribution in [0.4, 0.5) is 4.39 Å². The van der Waals surface area contributed by atoms with Crippen LogP contribution in [0.5, 0.6) is 5.75 Å². The third kappa shape index (κ3) is 4.35. The average Bonchev–Trinajstić information content (AvgIpc) is 2.35. The summed E-state index contributed by atoms with van der Waals surface area (Å²) in [6, 6.07) is 6.79. The molecule has 0 amide bonds. The molecule has 17 heavy (non-hydrogen) atoms. The molecule has 0 aliphatic heterocycles. The van der Waals surface area contributed by atoms with Gasteiger partial charge >= 0.3 is 0 Å². The molecule has 0 saturated carbocycles. The van der Waals surface area contributed by atoms with Gasteiger partial charge in [-0.1, -0.05) is 39.3 Å². The van der Waals surface area contributed by atoms with Gasteiger partial charge in [-0.15, -0.1) is 0 Å². The zero-order valence-corrected chi connectivity index (χ0v) is 10.9. The van der Waals surface area contributed by atoms with E-state index in [9.17, 15) is 4.39 Å². The summed E-state index contributed by atoms with van der Waals surface area (Å²) in [5, 5.41) is 3.38. The van der Waals surface area contributed by atoms with Gasteiger partial charge in [-0.05, 0) is 24.6 Å². The topological polar surface area (TPSA) is 21.3 Å². The van der Waals surface area contributed by atoms with Crippen molar-refractivity contribution < 1.29 is 9.13 Å². The first-order valence-electron chi connectivity index (χ1n) is 6.29. The Balaban J connectivity index is 2.54. The van der Waals surface area contributed by atoms with E-state index in [1.807, 2.05) is 0 Å². The second-order valence-electron chi connectivity index (χ2n) is 4.29. The van der Waals surface area contributed by atoms with E-state index >= 15 is 0 Å². The lowest BCUT2D eigenvalue weighted by Gasteiger charge is -2.24. The Labute approximate surface area is 103 Å². The summed E-state index contributed by atoms with van der Waals surface area (Å²) < 4.78 is 18.9. The molecule has 0 spiro atoms. The summed E-state index contributed by atoms with van der Waals surface area (Å²) in [7, 11) is 0. The first-order valence-corrected chi connectivity index (χ1v) is 6.29. The Morgan fingerprint density at radius 1 is 1.29 bits per heavy atom. The van der Waals surface area contributed by atoms with E-state index in [1.165, 1.54) is 6.07 Å². The van der Waals surface area contributed by atoms with E-state index in [0.29, 0.717) is 18.3 Å². The Bertz CT molecular complexity index is 330. The van der Waals surface area contributed by atoms with Crippen molar-refractivity contribution in [2.24, 2.45) is 5.92 Å². The van der Waals surface area contributed by atoms with E-state index in [1.54, 1.807) is 18.2 Å². The summed E-state index contributed by atoms with van der Waals surface area (Å²) in [5.41, 5.74) is 0. The monoisotopic (exact) mass is 239 g/mol. The lowest BCUT2D eigenvalue weighted by atomic mass is 10.00. The molecular formula is C14H22FNO. The van der Waals surface area contributed by atoms with Gasteiger partial charge < -0.3 is 10.1 Å². The molecule has 0 heterocycles. The molecule has 0 saturated heterocycles. The van der Waals surface area contributed by atoms with Crippen molar-refractivity contribution in [3.63, 3.8) is 0 Å². The minimum absolute atomic E-state index is 0.268. The van der Waals surface area contributed by atoms with Crippen LogP contribution in [0.25, 0.3) is 0 Å². The first-order chi connectivity index (χ1) is 8.19. The van der Waals surface area contributed by atoms with Crippen molar-refractivity contribution in [3.8, 4) is 5.75 Å². The van der Waals surface area contributed by atoms with Crippen LogP contribution in [0, 0.1) is 11.7 Å². The summed E-state index contributed by atoms with van der Waals surface area (Å²) >= 11 is 0. The predicted molar refractivity (Wildman–Crippen MR) is 68.8 cm³/mol. The van der Waals surface area contributed by atoms with Crippen molar-refractivity contribution in [3.05, 3.63) is 30.1 Å². The van der Waals surface area contributed by atoms with E-state index in [-0.39, 0.29) is 11.9 Å². The smallest absolute Gasteiger partial charge is 0.165 e. The number of hydrogen-bond donors (Lipinski definition) is 1. The zero-order chi connectivity index (χ0) is 12.7. The van der Waals surface area contributed by atoms with Gasteiger partial charge in [0.25, 0.3) is 0 Å². The highest BCUT2D eigenvalue weighted by molar-refractivity contribution is 5.23. The van der Waals surface area contributed by atoms with Crippen LogP contribution < -0.4 is 10.1 Å². The molecule has 0 aliphatic carbocycles. The largest absolute Gasteiger partial charge is 0.489 e. The van der Waals surface area contributed by atoms with Gasteiger partial charge in [0.15, 0.2) is 11.6 Å². The third-order valence-corrected chi connectivity index (χ3v) is 3.05. The van der Waals surface area contributed by atoms with Crippen molar-refractivity contribution in [1.82, 2.24) is 5.32 Å². The molecule has 1 N–H and O–H groups in total. The van der Waals surface area contributed by atoms with E-state index < -0.39 is 0 Å². The number of halogens is 1. The molecule has 1 aromatic carbocycles. The fourth-order valence-corrected chi connectivity index (χ4v) is 1.71. The molecule has 1 aromatic rings. The van der Waals surface area contributed by atoms with Crippen LogP contribution in [-0.4, -0.2) is 19.2 Å². The van der Waals surface area contributed by atoms with Crippen LogP contribution in [0.15, 0.2) is 24.3 Å². The number of benzene rings is 1. The van der Waals surface area contributed by atoms with E-state index in [4.69, 9.17) is 4.74 Å².